The number of nitrogens with two attached hydrogens (primary N) is 1. The summed E-state index contributed by atoms with van der Waals surface area (Å²) in [4.78, 5) is 11.4. The van der Waals surface area contributed by atoms with E-state index in [9.17, 15) is 9.18 Å². The molecule has 4 nitrogen and oxygen atoms in total. The zero-order chi connectivity index (χ0) is 11.5. The molecule has 0 aliphatic carbocycles. The summed E-state index contributed by atoms with van der Waals surface area (Å²) < 4.78 is 14.1. The number of hydrogen-bond donors (Lipinski definition) is 1. The summed E-state index contributed by atoms with van der Waals surface area (Å²) >= 11 is 0. The van der Waals surface area contributed by atoms with E-state index in [-0.39, 0.29) is 12.1 Å². The van der Waals surface area contributed by atoms with Crippen LogP contribution >= 0.6 is 0 Å². The lowest BCUT2D eigenvalue weighted by molar-refractivity contribution is 0.620. The second-order valence-corrected chi connectivity index (χ2v) is 3.36. The first-order chi connectivity index (χ1) is 7.66. The Kier molecular flexibility index (Phi) is 2.68. The lowest BCUT2D eigenvalue weighted by Gasteiger charge is -2.06. The maximum atomic E-state index is 12.8. The van der Waals surface area contributed by atoms with Crippen LogP contribution in [0.5, 0.6) is 0 Å². The van der Waals surface area contributed by atoms with Gasteiger partial charge in [-0.1, -0.05) is 6.07 Å². The first-order valence-corrected chi connectivity index (χ1v) is 4.73. The van der Waals surface area contributed by atoms with E-state index in [4.69, 9.17) is 5.73 Å². The van der Waals surface area contributed by atoms with Crippen LogP contribution in [0.15, 0.2) is 41.3 Å². The van der Waals surface area contributed by atoms with Crippen LogP contribution in [0.1, 0.15) is 5.56 Å². The van der Waals surface area contributed by atoms with Crippen molar-refractivity contribution in [1.82, 2.24) is 9.78 Å². The summed E-state index contributed by atoms with van der Waals surface area (Å²) in [5.74, 6) is -0.394. The molecule has 5 heteroatoms. The minimum absolute atomic E-state index is 0.216. The van der Waals surface area contributed by atoms with Gasteiger partial charge in [0.1, 0.15) is 5.82 Å². The minimum Gasteiger partial charge on any atom is -0.398 e. The van der Waals surface area contributed by atoms with Gasteiger partial charge in [0.15, 0.2) is 0 Å². The Morgan fingerprint density at radius 2 is 2.19 bits per heavy atom. The second-order valence-electron chi connectivity index (χ2n) is 3.36. The van der Waals surface area contributed by atoms with E-state index in [1.807, 2.05) is 0 Å². The van der Waals surface area contributed by atoms with Gasteiger partial charge in [0.05, 0.1) is 6.54 Å². The van der Waals surface area contributed by atoms with Crippen LogP contribution in [0.2, 0.25) is 0 Å². The summed E-state index contributed by atoms with van der Waals surface area (Å²) in [7, 11) is 0. The van der Waals surface area contributed by atoms with Crippen molar-refractivity contribution in [3.8, 4) is 0 Å². The molecular weight excluding hydrogens is 209 g/mol. The molecule has 0 aliphatic heterocycles. The van der Waals surface area contributed by atoms with Crippen LogP contribution in [0.3, 0.4) is 0 Å². The van der Waals surface area contributed by atoms with E-state index < -0.39 is 5.82 Å². The number of halogens is 1. The zero-order valence-corrected chi connectivity index (χ0v) is 8.43. The lowest BCUT2D eigenvalue weighted by Crippen LogP contribution is -2.22. The highest BCUT2D eigenvalue weighted by molar-refractivity contribution is 5.46. The number of nitrogen functional groups attached to an aromatic ring is 1. The molecule has 1 heterocycles. The summed E-state index contributed by atoms with van der Waals surface area (Å²) in [6, 6.07) is 7.05. The van der Waals surface area contributed by atoms with Gasteiger partial charge in [-0.25, -0.2) is 9.07 Å². The Morgan fingerprint density at radius 3 is 2.88 bits per heavy atom. The van der Waals surface area contributed by atoms with Crippen LogP contribution in [0, 0.1) is 5.82 Å². The third-order valence-corrected chi connectivity index (χ3v) is 2.21. The van der Waals surface area contributed by atoms with Crippen molar-refractivity contribution in [2.45, 2.75) is 6.54 Å². The van der Waals surface area contributed by atoms with Crippen LogP contribution < -0.4 is 11.3 Å². The molecule has 0 bridgehead atoms. The van der Waals surface area contributed by atoms with E-state index >= 15 is 0 Å². The summed E-state index contributed by atoms with van der Waals surface area (Å²) in [5.41, 5.74) is 6.41. The van der Waals surface area contributed by atoms with Crippen molar-refractivity contribution in [2.75, 3.05) is 5.73 Å². The van der Waals surface area contributed by atoms with Gasteiger partial charge in [-0.15, -0.1) is 0 Å². The Morgan fingerprint density at radius 1 is 1.38 bits per heavy atom. The number of rotatable bonds is 2. The molecule has 0 radical (unpaired) electrons. The summed E-state index contributed by atoms with van der Waals surface area (Å²) in [5, 5.41) is 3.89. The van der Waals surface area contributed by atoms with Crippen molar-refractivity contribution in [3.63, 3.8) is 0 Å². The van der Waals surface area contributed by atoms with Crippen molar-refractivity contribution >= 4 is 5.69 Å². The highest BCUT2D eigenvalue weighted by atomic mass is 19.1. The first kappa shape index (κ1) is 10.4. The number of aromatic nitrogens is 2. The van der Waals surface area contributed by atoms with Crippen molar-refractivity contribution in [2.24, 2.45) is 0 Å². The molecule has 2 N–H and O–H groups in total. The Hall–Kier alpha value is -2.17. The molecule has 1 aromatic carbocycles. The molecule has 0 aliphatic rings. The fourth-order valence-corrected chi connectivity index (χ4v) is 1.38. The molecule has 1 aromatic heterocycles. The molecular formula is C11H10FN3O. The van der Waals surface area contributed by atoms with E-state index in [2.05, 4.69) is 5.10 Å². The molecule has 0 atom stereocenters. The lowest BCUT2D eigenvalue weighted by atomic mass is 10.2. The van der Waals surface area contributed by atoms with Gasteiger partial charge in [-0.05, 0) is 23.8 Å². The van der Waals surface area contributed by atoms with Crippen LogP contribution in [-0.4, -0.2) is 9.78 Å². The molecule has 0 unspecified atom stereocenters. The first-order valence-electron chi connectivity index (χ1n) is 4.73. The van der Waals surface area contributed by atoms with Crippen molar-refractivity contribution in [1.29, 1.82) is 0 Å². The molecule has 16 heavy (non-hydrogen) atoms. The largest absolute Gasteiger partial charge is 0.398 e. The van der Waals surface area contributed by atoms with Crippen molar-refractivity contribution < 1.29 is 4.39 Å². The van der Waals surface area contributed by atoms with Crippen LogP contribution in [0.4, 0.5) is 10.1 Å². The molecule has 2 aromatic rings. The summed E-state index contributed by atoms with van der Waals surface area (Å²) in [6.07, 6.45) is 1.51. The van der Waals surface area contributed by atoms with Gasteiger partial charge in [0.25, 0.3) is 5.56 Å². The second kappa shape index (κ2) is 4.14. The number of benzene rings is 1. The molecule has 82 valence electrons. The average molecular weight is 219 g/mol. The van der Waals surface area contributed by atoms with Gasteiger partial charge in [0.2, 0.25) is 0 Å². The molecule has 0 fully saturated rings. The number of hydrogen-bond acceptors (Lipinski definition) is 3. The van der Waals surface area contributed by atoms with E-state index in [1.165, 1.54) is 29.1 Å². The minimum atomic E-state index is -0.394. The third kappa shape index (κ3) is 2.08. The average Bonchev–Trinajstić information content (AvgIpc) is 2.25. The highest BCUT2D eigenvalue weighted by Crippen LogP contribution is 2.13. The fraction of sp³-hybridized carbons (Fsp3) is 0.0909. The van der Waals surface area contributed by atoms with Crippen LogP contribution in [0.25, 0.3) is 0 Å². The van der Waals surface area contributed by atoms with Crippen molar-refractivity contribution in [3.05, 3.63) is 58.3 Å². The third-order valence-electron chi connectivity index (χ3n) is 2.21. The maximum Gasteiger partial charge on any atom is 0.267 e. The van der Waals surface area contributed by atoms with E-state index in [1.54, 1.807) is 12.1 Å². The monoisotopic (exact) mass is 219 g/mol. The zero-order valence-electron chi connectivity index (χ0n) is 8.43. The standard InChI is InChI=1S/C11H10FN3O/c12-9-4-3-8(10(13)6-9)7-15-11(16)2-1-5-14-15/h1-6H,7,13H2. The summed E-state index contributed by atoms with van der Waals surface area (Å²) in [6.45, 7) is 0.242. The van der Waals surface area contributed by atoms with Gasteiger partial charge < -0.3 is 5.73 Å². The fourth-order valence-electron chi connectivity index (χ4n) is 1.38. The van der Waals surface area contributed by atoms with Crippen LogP contribution in [-0.2, 0) is 6.54 Å². The van der Waals surface area contributed by atoms with Gasteiger partial charge in [-0.3, -0.25) is 4.79 Å². The quantitative estimate of drug-likeness (QED) is 0.767. The van der Waals surface area contributed by atoms with E-state index in [0.29, 0.717) is 11.3 Å². The van der Waals surface area contributed by atoms with Gasteiger partial charge in [-0.2, -0.15) is 5.10 Å². The predicted octanol–water partition coefficient (Wildman–Crippen LogP) is 1.01. The number of nitrogens with zero attached hydrogens (tertiary/aromatic N) is 2. The molecule has 0 saturated heterocycles. The Balaban J connectivity index is 2.35. The normalized spacial score (nSPS) is 10.3. The maximum absolute atomic E-state index is 12.8. The van der Waals surface area contributed by atoms with Gasteiger partial charge in [0, 0.05) is 18.0 Å². The Bertz CT molecular complexity index is 565. The smallest absolute Gasteiger partial charge is 0.267 e. The SMILES string of the molecule is Nc1cc(F)ccc1Cn1ncccc1=O. The molecule has 0 saturated carbocycles. The molecule has 0 spiro atoms. The predicted molar refractivity (Wildman–Crippen MR) is 58.4 cm³/mol. The number of anilines is 1. The Labute approximate surface area is 91.1 Å². The highest BCUT2D eigenvalue weighted by Gasteiger charge is 2.03. The molecule has 0 amide bonds. The van der Waals surface area contributed by atoms with E-state index in [0.717, 1.165) is 0 Å². The van der Waals surface area contributed by atoms with Gasteiger partial charge >= 0.3 is 0 Å². The molecule has 2 rings (SSSR count). The topological polar surface area (TPSA) is 60.9 Å².